The normalized spacial score (nSPS) is 11.9. The van der Waals surface area contributed by atoms with E-state index in [2.05, 4.69) is 130 Å². The van der Waals surface area contributed by atoms with Gasteiger partial charge in [0.25, 0.3) is 0 Å². The Bertz CT molecular complexity index is 1740. The molecule has 2 nitrogen and oxygen atoms in total. The molecule has 0 aliphatic heterocycles. The molecule has 0 unspecified atom stereocenters. The summed E-state index contributed by atoms with van der Waals surface area (Å²) >= 11 is 0. The van der Waals surface area contributed by atoms with Crippen molar-refractivity contribution >= 4 is 23.3 Å². The third-order valence-corrected chi connectivity index (χ3v) is 7.13. The molecular formula is C37H31NO. The maximum absolute atomic E-state index is 6.24. The highest BCUT2D eigenvalue weighted by Crippen LogP contribution is 2.37. The summed E-state index contributed by atoms with van der Waals surface area (Å²) in [5.74, 6) is 0.642. The van der Waals surface area contributed by atoms with Crippen molar-refractivity contribution < 1.29 is 4.42 Å². The predicted molar refractivity (Wildman–Crippen MR) is 164 cm³/mol. The van der Waals surface area contributed by atoms with Gasteiger partial charge in [-0.15, -0.1) is 0 Å². The zero-order valence-corrected chi connectivity index (χ0v) is 22.6. The van der Waals surface area contributed by atoms with Crippen LogP contribution in [0.1, 0.15) is 37.5 Å². The van der Waals surface area contributed by atoms with Gasteiger partial charge in [-0.05, 0) is 62.6 Å². The van der Waals surface area contributed by atoms with Gasteiger partial charge in [-0.25, -0.2) is 4.98 Å². The van der Waals surface area contributed by atoms with Gasteiger partial charge >= 0.3 is 0 Å². The summed E-state index contributed by atoms with van der Waals surface area (Å²) in [6, 6.07) is 42.3. The molecule has 0 atom stereocenters. The summed E-state index contributed by atoms with van der Waals surface area (Å²) in [6.07, 6.45) is 4.40. The first-order valence-corrected chi connectivity index (χ1v) is 13.4. The Morgan fingerprint density at radius 1 is 0.590 bits per heavy atom. The molecule has 0 saturated heterocycles. The Balaban J connectivity index is 1.51. The van der Waals surface area contributed by atoms with Crippen LogP contribution >= 0.6 is 0 Å². The summed E-state index contributed by atoms with van der Waals surface area (Å²) in [5.41, 5.74) is 11.0. The standard InChI is InChI=1S/C37H31NO/c1-37(2,3)30-24-23-27(32(25-30)36-38-33-19-10-11-20-34(33)39-36)21-22-29-17-12-18-31(26-13-6-4-7-14-26)35(29)28-15-8-5-9-16-28/h4-25H,1-3H3/b22-21+. The maximum atomic E-state index is 6.24. The van der Waals surface area contributed by atoms with E-state index in [1.54, 1.807) is 0 Å². The number of hydrogen-bond acceptors (Lipinski definition) is 2. The summed E-state index contributed by atoms with van der Waals surface area (Å²) in [4.78, 5) is 4.84. The van der Waals surface area contributed by atoms with Crippen LogP contribution in [0.3, 0.4) is 0 Å². The minimum Gasteiger partial charge on any atom is -0.436 e. The van der Waals surface area contributed by atoms with Crippen molar-refractivity contribution in [3.05, 3.63) is 138 Å². The molecule has 39 heavy (non-hydrogen) atoms. The largest absolute Gasteiger partial charge is 0.436 e. The molecule has 1 aromatic heterocycles. The molecule has 0 amide bonds. The molecular weight excluding hydrogens is 474 g/mol. The van der Waals surface area contributed by atoms with Crippen LogP contribution in [-0.2, 0) is 5.41 Å². The Kier molecular flexibility index (Phi) is 6.46. The number of oxazole rings is 1. The number of aromatic nitrogens is 1. The quantitative estimate of drug-likeness (QED) is 0.218. The monoisotopic (exact) mass is 505 g/mol. The van der Waals surface area contributed by atoms with Crippen LogP contribution in [0.15, 0.2) is 126 Å². The lowest BCUT2D eigenvalue weighted by atomic mass is 9.85. The van der Waals surface area contributed by atoms with Gasteiger partial charge in [0.15, 0.2) is 5.58 Å². The average molecular weight is 506 g/mol. The number of para-hydroxylation sites is 2. The second-order valence-electron chi connectivity index (χ2n) is 10.9. The minimum absolute atomic E-state index is 0.00744. The summed E-state index contributed by atoms with van der Waals surface area (Å²) in [7, 11) is 0. The fourth-order valence-electron chi connectivity index (χ4n) is 5.01. The predicted octanol–water partition coefficient (Wildman–Crippen LogP) is 10.3. The third-order valence-electron chi connectivity index (χ3n) is 7.13. The smallest absolute Gasteiger partial charge is 0.227 e. The van der Waals surface area contributed by atoms with E-state index in [-0.39, 0.29) is 5.41 Å². The van der Waals surface area contributed by atoms with Gasteiger partial charge in [-0.1, -0.05) is 136 Å². The lowest BCUT2D eigenvalue weighted by molar-refractivity contribution is 0.588. The second kappa shape index (κ2) is 10.2. The molecule has 0 bridgehead atoms. The van der Waals surface area contributed by atoms with Crippen LogP contribution < -0.4 is 0 Å². The van der Waals surface area contributed by atoms with Crippen molar-refractivity contribution in [1.82, 2.24) is 4.98 Å². The zero-order valence-electron chi connectivity index (χ0n) is 22.6. The van der Waals surface area contributed by atoms with Gasteiger partial charge in [0.05, 0.1) is 0 Å². The second-order valence-corrected chi connectivity index (χ2v) is 10.9. The Morgan fingerprint density at radius 3 is 1.97 bits per heavy atom. The van der Waals surface area contributed by atoms with Crippen molar-refractivity contribution in [3.63, 3.8) is 0 Å². The van der Waals surface area contributed by atoms with Gasteiger partial charge in [-0.2, -0.15) is 0 Å². The summed E-state index contributed by atoms with van der Waals surface area (Å²) in [6.45, 7) is 6.69. The number of nitrogens with zero attached hydrogens (tertiary/aromatic N) is 1. The van der Waals surface area contributed by atoms with E-state index >= 15 is 0 Å². The number of rotatable bonds is 5. The van der Waals surface area contributed by atoms with E-state index < -0.39 is 0 Å². The first kappa shape index (κ1) is 24.6. The fourth-order valence-corrected chi connectivity index (χ4v) is 5.01. The summed E-state index contributed by atoms with van der Waals surface area (Å²) < 4.78 is 6.24. The SMILES string of the molecule is CC(C)(C)c1ccc(/C=C/c2cccc(-c3ccccc3)c2-c2ccccc2)c(-c2nc3ccccc3o2)c1. The maximum Gasteiger partial charge on any atom is 0.227 e. The average Bonchev–Trinajstić information content (AvgIpc) is 3.40. The molecule has 1 heterocycles. The molecule has 0 fully saturated rings. The number of benzene rings is 5. The zero-order chi connectivity index (χ0) is 26.8. The van der Waals surface area contributed by atoms with Gasteiger partial charge in [0, 0.05) is 5.56 Å². The molecule has 0 aliphatic carbocycles. The van der Waals surface area contributed by atoms with Crippen LogP contribution in [0, 0.1) is 0 Å². The molecule has 0 radical (unpaired) electrons. The van der Waals surface area contributed by atoms with Gasteiger partial charge in [-0.3, -0.25) is 0 Å². The molecule has 0 saturated carbocycles. The van der Waals surface area contributed by atoms with Crippen LogP contribution in [0.2, 0.25) is 0 Å². The molecule has 0 N–H and O–H groups in total. The van der Waals surface area contributed by atoms with E-state index in [0.29, 0.717) is 5.89 Å². The Morgan fingerprint density at radius 2 is 1.26 bits per heavy atom. The molecule has 6 rings (SSSR count). The van der Waals surface area contributed by atoms with Crippen LogP contribution in [0.4, 0.5) is 0 Å². The molecule has 6 aromatic rings. The lowest BCUT2D eigenvalue weighted by Gasteiger charge is -2.20. The Labute approximate surface area is 230 Å². The fraction of sp³-hybridized carbons (Fsp3) is 0.108. The van der Waals surface area contributed by atoms with E-state index in [4.69, 9.17) is 9.40 Å². The third kappa shape index (κ3) is 5.06. The summed E-state index contributed by atoms with van der Waals surface area (Å²) in [5, 5.41) is 0. The van der Waals surface area contributed by atoms with Crippen molar-refractivity contribution in [2.45, 2.75) is 26.2 Å². The highest BCUT2D eigenvalue weighted by molar-refractivity contribution is 5.92. The lowest BCUT2D eigenvalue weighted by Crippen LogP contribution is -2.11. The highest BCUT2D eigenvalue weighted by Gasteiger charge is 2.19. The van der Waals surface area contributed by atoms with Crippen LogP contribution in [0.5, 0.6) is 0 Å². The van der Waals surface area contributed by atoms with E-state index in [0.717, 1.165) is 27.8 Å². The van der Waals surface area contributed by atoms with Gasteiger partial charge in [0.1, 0.15) is 5.52 Å². The van der Waals surface area contributed by atoms with Crippen molar-refractivity contribution in [1.29, 1.82) is 0 Å². The molecule has 5 aromatic carbocycles. The van der Waals surface area contributed by atoms with Crippen LogP contribution in [0.25, 0.3) is 57.0 Å². The molecule has 2 heteroatoms. The molecule has 0 aliphatic rings. The first-order chi connectivity index (χ1) is 19.0. The highest BCUT2D eigenvalue weighted by atomic mass is 16.3. The van der Waals surface area contributed by atoms with Crippen molar-refractivity contribution in [3.8, 4) is 33.7 Å². The van der Waals surface area contributed by atoms with Gasteiger partial charge < -0.3 is 4.42 Å². The molecule has 0 spiro atoms. The number of fused-ring (bicyclic) bond motifs is 1. The van der Waals surface area contributed by atoms with E-state index in [9.17, 15) is 0 Å². The van der Waals surface area contributed by atoms with Crippen molar-refractivity contribution in [2.75, 3.05) is 0 Å². The van der Waals surface area contributed by atoms with Crippen LogP contribution in [-0.4, -0.2) is 4.98 Å². The van der Waals surface area contributed by atoms with E-state index in [1.807, 2.05) is 24.3 Å². The number of hydrogen-bond donors (Lipinski definition) is 0. The Hall–Kier alpha value is -4.69. The topological polar surface area (TPSA) is 26.0 Å². The minimum atomic E-state index is 0.00744. The molecule has 190 valence electrons. The first-order valence-electron chi connectivity index (χ1n) is 13.4. The van der Waals surface area contributed by atoms with E-state index in [1.165, 1.54) is 27.8 Å². The van der Waals surface area contributed by atoms with Gasteiger partial charge in [0.2, 0.25) is 5.89 Å². The van der Waals surface area contributed by atoms with Crippen molar-refractivity contribution in [2.24, 2.45) is 0 Å².